The Morgan fingerprint density at radius 3 is 2.27 bits per heavy atom. The predicted molar refractivity (Wildman–Crippen MR) is 239 cm³/mol. The molecule has 4 aromatic rings. The van der Waals surface area contributed by atoms with Crippen LogP contribution in [0.3, 0.4) is 0 Å². The number of imide groups is 2. The summed E-state index contributed by atoms with van der Waals surface area (Å²) in [4.78, 5) is 74.4. The zero-order valence-electron chi connectivity index (χ0n) is 37.2. The third kappa shape index (κ3) is 8.39. The molecule has 5 amide bonds. The molecular formula is C49H60N8O6. The largest absolute Gasteiger partial charge is 0.386 e. The highest BCUT2D eigenvalue weighted by Gasteiger charge is 2.46. The Kier molecular flexibility index (Phi) is 11.1. The van der Waals surface area contributed by atoms with E-state index in [1.165, 1.54) is 25.7 Å². The summed E-state index contributed by atoms with van der Waals surface area (Å²) in [6.45, 7) is 15.1. The third-order valence-electron chi connectivity index (χ3n) is 15.0. The summed E-state index contributed by atoms with van der Waals surface area (Å²) < 4.78 is 2.09. The SMILES string of the molecule is Cc1cccc(C(=O)Nc2cc3cn(C4CCN(CC(C)(C)C5CCC6(CC5)CCN(c5ccc7c(c5)C(=O)N(C5CCC(=O)NC5=O)C7=O)CC6)CC4)nc3cc2C(C)(C)O)n1. The van der Waals surface area contributed by atoms with Crippen LogP contribution < -0.4 is 15.5 Å². The van der Waals surface area contributed by atoms with Gasteiger partial charge in [-0.05, 0) is 138 Å². The van der Waals surface area contributed by atoms with E-state index in [1.54, 1.807) is 26.0 Å². The van der Waals surface area contributed by atoms with E-state index in [1.807, 2.05) is 43.3 Å². The average molecular weight is 857 g/mol. The summed E-state index contributed by atoms with van der Waals surface area (Å²) in [7, 11) is 0. The fourth-order valence-corrected chi connectivity index (χ4v) is 11.2. The molecule has 0 radical (unpaired) electrons. The van der Waals surface area contributed by atoms with E-state index in [2.05, 4.69) is 50.1 Å². The number of aromatic nitrogens is 3. The molecule has 63 heavy (non-hydrogen) atoms. The highest BCUT2D eigenvalue weighted by molar-refractivity contribution is 6.23. The molecule has 14 nitrogen and oxygen atoms in total. The van der Waals surface area contributed by atoms with Crippen molar-refractivity contribution in [3.05, 3.63) is 82.8 Å². The average Bonchev–Trinajstić information content (AvgIpc) is 3.77. The zero-order valence-corrected chi connectivity index (χ0v) is 37.2. The third-order valence-corrected chi connectivity index (χ3v) is 15.0. The fraction of sp³-hybridized carbons (Fsp3) is 0.531. The van der Waals surface area contributed by atoms with Gasteiger partial charge in [-0.3, -0.25) is 38.9 Å². The minimum atomic E-state index is -1.19. The molecule has 1 aliphatic carbocycles. The number of fused-ring (bicyclic) bond motifs is 2. The lowest BCUT2D eigenvalue weighted by Crippen LogP contribution is -2.54. The lowest BCUT2D eigenvalue weighted by molar-refractivity contribution is -0.136. The van der Waals surface area contributed by atoms with Gasteiger partial charge in [0.05, 0.1) is 28.3 Å². The second-order valence-electron chi connectivity index (χ2n) is 20.2. The number of nitrogens with one attached hydrogen (secondary N) is 2. The molecule has 4 fully saturated rings. The molecule has 1 saturated carbocycles. The number of hydrogen-bond acceptors (Lipinski definition) is 10. The van der Waals surface area contributed by atoms with Crippen molar-refractivity contribution < 1.29 is 29.1 Å². The van der Waals surface area contributed by atoms with Crippen LogP contribution in [0.4, 0.5) is 11.4 Å². The standard InChI is InChI=1S/C49H60N8O6/c1-30-7-6-8-38(50-30)43(59)51-40-25-31-28-56(53-39(31)27-37(40)48(4,5)63)33-15-21-54(22-16-33)29-47(2,3)32-13-17-49(18-14-32)19-23-55(24-20-49)34-9-10-35-36(26-34)46(62)57(45(35)61)41-11-12-42(58)52-44(41)60/h6-10,25-28,32-33,41,63H,11-24,29H2,1-5H3,(H,51,59)(H,52,58,60). The van der Waals surface area contributed by atoms with Crippen LogP contribution in [0, 0.1) is 23.7 Å². The van der Waals surface area contributed by atoms with Gasteiger partial charge >= 0.3 is 0 Å². The van der Waals surface area contributed by atoms with Gasteiger partial charge in [0.15, 0.2) is 0 Å². The molecule has 9 rings (SSSR count). The molecule has 3 N–H and O–H groups in total. The Bertz CT molecular complexity index is 2480. The van der Waals surface area contributed by atoms with Crippen molar-refractivity contribution in [3.63, 3.8) is 0 Å². The lowest BCUT2D eigenvalue weighted by Gasteiger charge is -2.50. The molecule has 1 atom stereocenters. The first-order valence-electron chi connectivity index (χ1n) is 22.8. The molecule has 3 saturated heterocycles. The van der Waals surface area contributed by atoms with E-state index in [4.69, 9.17) is 5.10 Å². The number of pyridine rings is 1. The van der Waals surface area contributed by atoms with Crippen LogP contribution in [0.1, 0.15) is 140 Å². The smallest absolute Gasteiger partial charge is 0.274 e. The number of aliphatic hydroxyl groups is 1. The van der Waals surface area contributed by atoms with E-state index in [-0.39, 0.29) is 36.1 Å². The predicted octanol–water partition coefficient (Wildman–Crippen LogP) is 6.76. The molecule has 14 heteroatoms. The number of benzene rings is 2. The maximum absolute atomic E-state index is 13.5. The number of likely N-dealkylation sites (tertiary alicyclic amines) is 1. The van der Waals surface area contributed by atoms with Crippen LogP contribution in [0.5, 0.6) is 0 Å². The number of rotatable bonds is 9. The van der Waals surface area contributed by atoms with Crippen molar-refractivity contribution in [2.24, 2.45) is 16.7 Å². The first-order valence-corrected chi connectivity index (χ1v) is 22.8. The van der Waals surface area contributed by atoms with E-state index in [0.717, 1.165) is 85.6 Å². The van der Waals surface area contributed by atoms with Crippen molar-refractivity contribution in [2.75, 3.05) is 42.9 Å². The Balaban J connectivity index is 0.769. The second-order valence-corrected chi connectivity index (χ2v) is 20.2. The fourth-order valence-electron chi connectivity index (χ4n) is 11.2. The number of aryl methyl sites for hydroxylation is 1. The van der Waals surface area contributed by atoms with E-state index in [9.17, 15) is 29.1 Å². The van der Waals surface area contributed by atoms with Gasteiger partial charge in [-0.15, -0.1) is 0 Å². The number of nitrogens with zero attached hydrogens (tertiary/aromatic N) is 6. The van der Waals surface area contributed by atoms with E-state index < -0.39 is 29.4 Å². The van der Waals surface area contributed by atoms with Crippen molar-refractivity contribution in [3.8, 4) is 0 Å². The van der Waals surface area contributed by atoms with Gasteiger partial charge in [-0.1, -0.05) is 19.9 Å². The number of carbonyl (C=O) groups is 5. The molecule has 5 aliphatic rings. The summed E-state index contributed by atoms with van der Waals surface area (Å²) in [5.41, 5.74) is 3.94. The molecule has 2 aromatic heterocycles. The number of carbonyl (C=O) groups excluding carboxylic acids is 5. The van der Waals surface area contributed by atoms with Crippen molar-refractivity contribution in [1.82, 2.24) is 29.9 Å². The van der Waals surface area contributed by atoms with Gasteiger partial charge in [0.2, 0.25) is 11.8 Å². The Hall–Kier alpha value is -5.47. The molecule has 332 valence electrons. The molecule has 0 bridgehead atoms. The van der Waals surface area contributed by atoms with Crippen LogP contribution in [-0.4, -0.2) is 98.0 Å². The van der Waals surface area contributed by atoms with Gasteiger partial charge in [0, 0.05) is 73.4 Å². The van der Waals surface area contributed by atoms with Gasteiger partial charge in [-0.2, -0.15) is 5.10 Å². The highest BCUT2D eigenvalue weighted by Crippen LogP contribution is 2.51. The minimum Gasteiger partial charge on any atom is -0.386 e. The van der Waals surface area contributed by atoms with Crippen molar-refractivity contribution in [2.45, 2.75) is 117 Å². The maximum Gasteiger partial charge on any atom is 0.274 e. The van der Waals surface area contributed by atoms with Crippen molar-refractivity contribution >= 4 is 51.8 Å². The molecule has 4 aliphatic heterocycles. The van der Waals surface area contributed by atoms with Crippen LogP contribution in [0.25, 0.3) is 10.9 Å². The van der Waals surface area contributed by atoms with Gasteiger partial charge in [0.1, 0.15) is 11.7 Å². The number of anilines is 2. The summed E-state index contributed by atoms with van der Waals surface area (Å²) in [6, 6.07) is 13.9. The van der Waals surface area contributed by atoms with E-state index in [0.29, 0.717) is 39.4 Å². The van der Waals surface area contributed by atoms with Crippen LogP contribution in [0.15, 0.2) is 54.7 Å². The maximum atomic E-state index is 13.5. The summed E-state index contributed by atoms with van der Waals surface area (Å²) in [6.07, 6.45) is 11.4. The van der Waals surface area contributed by atoms with Crippen LogP contribution in [0.2, 0.25) is 0 Å². The van der Waals surface area contributed by atoms with Crippen molar-refractivity contribution in [1.29, 1.82) is 0 Å². The van der Waals surface area contributed by atoms with Gasteiger partial charge in [-0.25, -0.2) is 4.98 Å². The van der Waals surface area contributed by atoms with E-state index >= 15 is 0 Å². The second kappa shape index (κ2) is 16.3. The van der Waals surface area contributed by atoms with Gasteiger partial charge in [0.25, 0.3) is 17.7 Å². The normalized spacial score (nSPS) is 21.7. The summed E-state index contributed by atoms with van der Waals surface area (Å²) >= 11 is 0. The molecule has 2 aromatic carbocycles. The first-order chi connectivity index (χ1) is 30.0. The Morgan fingerprint density at radius 1 is 0.873 bits per heavy atom. The Morgan fingerprint density at radius 2 is 1.59 bits per heavy atom. The van der Waals surface area contributed by atoms with Gasteiger partial charge < -0.3 is 20.2 Å². The topological polar surface area (TPSA) is 170 Å². The number of hydrogen-bond donors (Lipinski definition) is 3. The van der Waals surface area contributed by atoms with Crippen LogP contribution >= 0.6 is 0 Å². The quantitative estimate of drug-likeness (QED) is 0.153. The van der Waals surface area contributed by atoms with Crippen LogP contribution in [-0.2, 0) is 15.2 Å². The first kappa shape index (κ1) is 42.8. The highest BCUT2D eigenvalue weighted by atomic mass is 16.3. The summed E-state index contributed by atoms with van der Waals surface area (Å²) in [5.74, 6) is -1.58. The number of amides is 5. The molecule has 1 spiro atoms. The summed E-state index contributed by atoms with van der Waals surface area (Å²) in [5, 5.41) is 22.3. The Labute approximate surface area is 368 Å². The number of piperidine rings is 3. The lowest BCUT2D eigenvalue weighted by atomic mass is 9.60. The molecular weight excluding hydrogens is 797 g/mol. The monoisotopic (exact) mass is 856 g/mol. The minimum absolute atomic E-state index is 0.100. The molecule has 6 heterocycles. The zero-order chi connectivity index (χ0) is 44.4. The molecule has 1 unspecified atom stereocenters.